The number of aliphatic carboxylic acids is 1. The van der Waals surface area contributed by atoms with Crippen LogP contribution in [0.1, 0.15) is 495 Å². The number of ether oxygens (including phenoxy) is 4. The third-order valence-electron chi connectivity index (χ3n) is 21.8. The van der Waals surface area contributed by atoms with Crippen molar-refractivity contribution in [3.8, 4) is 0 Å². The smallest absolute Gasteiger partial charge is 0.361 e. The van der Waals surface area contributed by atoms with Crippen molar-refractivity contribution in [2.45, 2.75) is 508 Å². The first-order valence-corrected chi connectivity index (χ1v) is 47.3. The van der Waals surface area contributed by atoms with Crippen LogP contribution in [0.25, 0.3) is 0 Å². The molecule has 0 aliphatic carbocycles. The number of rotatable bonds is 90. The molecule has 106 heavy (non-hydrogen) atoms. The second kappa shape index (κ2) is 87.8. The lowest BCUT2D eigenvalue weighted by molar-refractivity contribution is -0.870. The summed E-state index contributed by atoms with van der Waals surface area (Å²) in [5.41, 5.74) is 0. The van der Waals surface area contributed by atoms with Gasteiger partial charge >= 0.3 is 17.9 Å². The first kappa shape index (κ1) is 103. The summed E-state index contributed by atoms with van der Waals surface area (Å²) in [7, 11) is 6.01. The Labute approximate surface area is 661 Å². The normalized spacial score (nSPS) is 12.7. The third-order valence-corrected chi connectivity index (χ3v) is 21.8. The quantitative estimate of drug-likeness (QED) is 0.0211. The zero-order valence-electron chi connectivity index (χ0n) is 71.9. The summed E-state index contributed by atoms with van der Waals surface area (Å²) in [6, 6.07) is 0. The summed E-state index contributed by atoms with van der Waals surface area (Å²) in [6.07, 6.45) is 115. The van der Waals surface area contributed by atoms with Crippen molar-refractivity contribution >= 4 is 17.9 Å². The number of carbonyl (C=O) groups is 3. The number of likely N-dealkylation sites (N-methyl/N-ethyl adjacent to an activating group) is 1. The van der Waals surface area contributed by atoms with E-state index in [9.17, 15) is 19.5 Å². The molecule has 0 aromatic heterocycles. The van der Waals surface area contributed by atoms with Crippen LogP contribution in [0.4, 0.5) is 0 Å². The van der Waals surface area contributed by atoms with Gasteiger partial charge in [0.1, 0.15) is 13.2 Å². The van der Waals surface area contributed by atoms with Gasteiger partial charge in [-0.05, 0) is 51.4 Å². The summed E-state index contributed by atoms with van der Waals surface area (Å²) >= 11 is 0. The molecule has 0 amide bonds. The van der Waals surface area contributed by atoms with Crippen molar-refractivity contribution in [1.29, 1.82) is 0 Å². The molecule has 0 spiro atoms. The van der Waals surface area contributed by atoms with Gasteiger partial charge in [0.05, 0.1) is 34.4 Å². The number of carboxylic acids is 1. The highest BCUT2D eigenvalue weighted by Crippen LogP contribution is 2.22. The Morgan fingerprint density at radius 1 is 0.292 bits per heavy atom. The zero-order valence-corrected chi connectivity index (χ0v) is 71.9. The highest BCUT2D eigenvalue weighted by molar-refractivity contribution is 5.71. The Balaban J connectivity index is 3.85. The Hall–Kier alpha value is -2.75. The minimum Gasteiger partial charge on any atom is -0.477 e. The monoisotopic (exact) mass is 1490 g/mol. The van der Waals surface area contributed by atoms with Gasteiger partial charge in [-0.15, -0.1) is 0 Å². The molecule has 0 heterocycles. The highest BCUT2D eigenvalue weighted by Gasteiger charge is 2.25. The maximum atomic E-state index is 13.0. The maximum Gasteiger partial charge on any atom is 0.361 e. The van der Waals surface area contributed by atoms with Crippen LogP contribution in [-0.4, -0.2) is 87.4 Å². The van der Waals surface area contributed by atoms with Crippen LogP contribution < -0.4 is 0 Å². The van der Waals surface area contributed by atoms with Crippen molar-refractivity contribution in [1.82, 2.24) is 0 Å². The van der Waals surface area contributed by atoms with E-state index in [1.165, 1.54) is 405 Å². The number of unbranched alkanes of at least 4 members (excludes halogenated alkanes) is 67. The lowest BCUT2D eigenvalue weighted by Crippen LogP contribution is -2.40. The first-order chi connectivity index (χ1) is 52.1. The summed E-state index contributed by atoms with van der Waals surface area (Å²) < 4.78 is 23.1. The molecule has 0 fully saturated rings. The Morgan fingerprint density at radius 2 is 0.538 bits per heavy atom. The fourth-order valence-electron chi connectivity index (χ4n) is 14.7. The standard InChI is InChI=1S/C97H183NO8/c1-6-8-10-12-14-16-18-20-22-24-26-28-30-32-34-36-38-40-42-44-46-48-50-52-54-56-58-60-62-64-66-68-70-72-74-76-78-80-82-84-86-88-95(100)106-93(92-105-97(96(101)102)103-90-89-98(3,4)5)91-104-94(99)87-85-83-81-79-77-75-73-71-69-67-65-63-61-59-57-55-53-51-49-47-45-43-41-39-37-35-33-31-29-27-25-23-21-19-17-15-13-11-9-7-2/h8,10,14,16,20,22,26,28,93,97H,6-7,9,11-13,15,17-19,21,23-25,27,29-92H2,1-5H3/p+1/b10-8-,16-14-,22-20-,28-26-. The Morgan fingerprint density at radius 3 is 0.802 bits per heavy atom. The molecular formula is C97H184NO8+. The second-order valence-electron chi connectivity index (χ2n) is 33.7. The maximum absolute atomic E-state index is 13.0. The largest absolute Gasteiger partial charge is 0.477 e. The molecule has 0 radical (unpaired) electrons. The number of hydrogen-bond donors (Lipinski definition) is 1. The molecular weight excluding hydrogens is 1310 g/mol. The van der Waals surface area contributed by atoms with Crippen molar-refractivity contribution in [2.24, 2.45) is 0 Å². The van der Waals surface area contributed by atoms with Crippen molar-refractivity contribution in [3.05, 3.63) is 48.6 Å². The lowest BCUT2D eigenvalue weighted by atomic mass is 10.0. The average Bonchev–Trinajstić information content (AvgIpc) is 0.935. The van der Waals surface area contributed by atoms with Crippen LogP contribution in [0, 0.1) is 0 Å². The van der Waals surface area contributed by atoms with E-state index in [-0.39, 0.29) is 38.2 Å². The second-order valence-corrected chi connectivity index (χ2v) is 33.7. The molecule has 0 rings (SSSR count). The van der Waals surface area contributed by atoms with Gasteiger partial charge in [0, 0.05) is 12.8 Å². The number of allylic oxidation sites excluding steroid dienone is 8. The van der Waals surface area contributed by atoms with Crippen LogP contribution >= 0.6 is 0 Å². The van der Waals surface area contributed by atoms with Gasteiger partial charge in [-0.3, -0.25) is 9.59 Å². The summed E-state index contributed by atoms with van der Waals surface area (Å²) in [4.78, 5) is 37.9. The number of hydrogen-bond acceptors (Lipinski definition) is 7. The predicted octanol–water partition coefficient (Wildman–Crippen LogP) is 31.1. The minimum absolute atomic E-state index is 0.174. The summed E-state index contributed by atoms with van der Waals surface area (Å²) in [6.45, 7) is 4.86. The molecule has 0 aliphatic heterocycles. The van der Waals surface area contributed by atoms with Gasteiger partial charge in [0.15, 0.2) is 6.10 Å². The fourth-order valence-corrected chi connectivity index (χ4v) is 14.7. The van der Waals surface area contributed by atoms with Crippen LogP contribution in [0.2, 0.25) is 0 Å². The SMILES string of the molecule is CC/C=C\C/C=C\C/C=C\C/C=C\CCCCCCCCCCCCCCCCCCCCCCCCCCCCCCC(=O)OC(COC(=O)CCCCCCCCCCCCCCCCCCCCCCCCCCCCCCCCCCCCCCCCCC)COC(OCC[N+](C)(C)C)C(=O)O. The van der Waals surface area contributed by atoms with E-state index >= 15 is 0 Å². The zero-order chi connectivity index (χ0) is 76.7. The van der Waals surface area contributed by atoms with E-state index in [1.807, 2.05) is 21.1 Å². The Bertz CT molecular complexity index is 1890. The van der Waals surface area contributed by atoms with E-state index in [2.05, 4.69) is 62.5 Å². The molecule has 0 aliphatic rings. The molecule has 624 valence electrons. The fraction of sp³-hybridized carbons (Fsp3) is 0.887. The summed E-state index contributed by atoms with van der Waals surface area (Å²) in [5.74, 6) is -1.96. The van der Waals surface area contributed by atoms with E-state index in [4.69, 9.17) is 18.9 Å². The molecule has 0 saturated heterocycles. The van der Waals surface area contributed by atoms with Crippen LogP contribution in [0.5, 0.6) is 0 Å². The minimum atomic E-state index is -1.51. The average molecular weight is 1490 g/mol. The van der Waals surface area contributed by atoms with Crippen molar-refractivity contribution < 1.29 is 42.9 Å². The summed E-state index contributed by atoms with van der Waals surface area (Å²) in [5, 5.41) is 9.80. The van der Waals surface area contributed by atoms with Gasteiger partial charge in [0.25, 0.3) is 6.29 Å². The molecule has 0 aromatic rings. The number of esters is 2. The van der Waals surface area contributed by atoms with Gasteiger partial charge < -0.3 is 28.5 Å². The van der Waals surface area contributed by atoms with Crippen LogP contribution in [0.15, 0.2) is 48.6 Å². The van der Waals surface area contributed by atoms with Crippen molar-refractivity contribution in [2.75, 3.05) is 47.5 Å². The number of carbonyl (C=O) groups excluding carboxylic acids is 2. The molecule has 2 unspecified atom stereocenters. The topological polar surface area (TPSA) is 108 Å². The molecule has 0 bridgehead atoms. The Kier molecular flexibility index (Phi) is 85.5. The van der Waals surface area contributed by atoms with E-state index in [0.29, 0.717) is 17.4 Å². The molecule has 9 nitrogen and oxygen atoms in total. The molecule has 2 atom stereocenters. The lowest BCUT2D eigenvalue weighted by Gasteiger charge is -2.25. The van der Waals surface area contributed by atoms with Gasteiger partial charge in [-0.2, -0.15) is 0 Å². The molecule has 1 N–H and O–H groups in total. The van der Waals surface area contributed by atoms with Gasteiger partial charge in [-0.1, -0.05) is 480 Å². The van der Waals surface area contributed by atoms with Crippen LogP contribution in [0.3, 0.4) is 0 Å². The van der Waals surface area contributed by atoms with Crippen LogP contribution in [-0.2, 0) is 33.3 Å². The van der Waals surface area contributed by atoms with Gasteiger partial charge in [0.2, 0.25) is 0 Å². The first-order valence-electron chi connectivity index (χ1n) is 47.3. The van der Waals surface area contributed by atoms with Gasteiger partial charge in [-0.25, -0.2) is 4.79 Å². The van der Waals surface area contributed by atoms with E-state index < -0.39 is 18.4 Å². The number of nitrogens with zero attached hydrogens (tertiary/aromatic N) is 1. The van der Waals surface area contributed by atoms with E-state index in [1.54, 1.807) is 0 Å². The molecule has 9 heteroatoms. The highest BCUT2D eigenvalue weighted by atomic mass is 16.7. The third kappa shape index (κ3) is 88.5. The number of quaternary nitrogens is 1. The molecule has 0 saturated carbocycles. The van der Waals surface area contributed by atoms with E-state index in [0.717, 1.165) is 64.2 Å². The predicted molar refractivity (Wildman–Crippen MR) is 461 cm³/mol. The number of carboxylic acid groups (broad SMARTS) is 1. The molecule has 0 aromatic carbocycles. The van der Waals surface area contributed by atoms with Crippen molar-refractivity contribution in [3.63, 3.8) is 0 Å².